The highest BCUT2D eigenvalue weighted by Gasteiger charge is 2.23. The first-order valence-corrected chi connectivity index (χ1v) is 7.44. The summed E-state index contributed by atoms with van der Waals surface area (Å²) in [5.74, 6) is 0.563. The van der Waals surface area contributed by atoms with Crippen molar-refractivity contribution in [2.24, 2.45) is 0 Å². The molecule has 0 atom stereocenters. The van der Waals surface area contributed by atoms with E-state index >= 15 is 0 Å². The number of hydrogen-bond acceptors (Lipinski definition) is 4. The second-order valence-electron chi connectivity index (χ2n) is 4.40. The Kier molecular flexibility index (Phi) is 5.15. The molecule has 0 aromatic carbocycles. The van der Waals surface area contributed by atoms with Crippen LogP contribution in [-0.4, -0.2) is 65.9 Å². The second-order valence-corrected chi connectivity index (χ2v) is 5.19. The molecule has 0 spiro atoms. The van der Waals surface area contributed by atoms with Gasteiger partial charge < -0.3 is 9.64 Å². The number of ether oxygens (including phenoxy) is 1. The van der Waals surface area contributed by atoms with Crippen LogP contribution in [0.15, 0.2) is 18.5 Å². The normalized spacial score (nSPS) is 16.4. The highest BCUT2D eigenvalue weighted by atomic mass is 79.9. The largest absolute Gasteiger partial charge is 0.494 e. The Balaban J connectivity index is 2.01. The molecule has 0 unspecified atom stereocenters. The van der Waals surface area contributed by atoms with Crippen molar-refractivity contribution < 1.29 is 9.53 Å². The fourth-order valence-electron chi connectivity index (χ4n) is 2.18. The molecule has 1 amide bonds. The van der Waals surface area contributed by atoms with E-state index in [0.717, 1.165) is 38.1 Å². The summed E-state index contributed by atoms with van der Waals surface area (Å²) in [7, 11) is 1.56. The molecule has 1 aromatic rings. The number of pyridine rings is 1. The first-order valence-electron chi connectivity index (χ1n) is 6.32. The molecule has 0 saturated carbocycles. The average molecular weight is 328 g/mol. The van der Waals surface area contributed by atoms with Crippen LogP contribution < -0.4 is 4.74 Å². The Labute approximate surface area is 121 Å². The predicted octanol–water partition coefficient (Wildman–Crippen LogP) is 1.24. The van der Waals surface area contributed by atoms with Crippen LogP contribution in [0.3, 0.4) is 0 Å². The van der Waals surface area contributed by atoms with Crippen molar-refractivity contribution in [2.45, 2.75) is 0 Å². The third-order valence-corrected chi connectivity index (χ3v) is 3.65. The van der Waals surface area contributed by atoms with Gasteiger partial charge in [-0.2, -0.15) is 0 Å². The van der Waals surface area contributed by atoms with E-state index in [2.05, 4.69) is 25.8 Å². The summed E-state index contributed by atoms with van der Waals surface area (Å²) in [4.78, 5) is 20.6. The smallest absolute Gasteiger partial charge is 0.257 e. The Bertz CT molecular complexity index is 434. The number of amides is 1. The number of carbonyl (C=O) groups is 1. The van der Waals surface area contributed by atoms with Gasteiger partial charge in [0.25, 0.3) is 5.91 Å². The molecule has 2 rings (SSSR count). The molecule has 6 heteroatoms. The van der Waals surface area contributed by atoms with Crippen molar-refractivity contribution in [1.82, 2.24) is 14.8 Å². The zero-order chi connectivity index (χ0) is 13.7. The standard InChI is InChI=1S/C13H18BrN3O2/c1-19-12-10-15-4-2-11(12)13(18)17-8-6-16(5-3-14)7-9-17/h2,4,10H,3,5-9H2,1H3. The van der Waals surface area contributed by atoms with Gasteiger partial charge in [0.1, 0.15) is 5.75 Å². The van der Waals surface area contributed by atoms with Gasteiger partial charge in [0.15, 0.2) is 0 Å². The molecule has 104 valence electrons. The summed E-state index contributed by atoms with van der Waals surface area (Å²) in [5.41, 5.74) is 0.589. The summed E-state index contributed by atoms with van der Waals surface area (Å²) >= 11 is 3.44. The number of piperazine rings is 1. The summed E-state index contributed by atoms with van der Waals surface area (Å²) in [6.45, 7) is 4.39. The number of carbonyl (C=O) groups excluding carboxylic acids is 1. The van der Waals surface area contributed by atoms with Crippen molar-refractivity contribution >= 4 is 21.8 Å². The quantitative estimate of drug-likeness (QED) is 0.781. The molecule has 0 bridgehead atoms. The maximum atomic E-state index is 12.4. The average Bonchev–Trinajstić information content (AvgIpc) is 2.47. The monoisotopic (exact) mass is 327 g/mol. The maximum absolute atomic E-state index is 12.4. The summed E-state index contributed by atoms with van der Waals surface area (Å²) in [5, 5.41) is 0.971. The molecule has 0 N–H and O–H groups in total. The number of alkyl halides is 1. The van der Waals surface area contributed by atoms with Gasteiger partial charge in [0.05, 0.1) is 18.9 Å². The van der Waals surface area contributed by atoms with Gasteiger partial charge in [-0.3, -0.25) is 14.7 Å². The first kappa shape index (κ1) is 14.3. The molecule has 1 fully saturated rings. The van der Waals surface area contributed by atoms with Crippen molar-refractivity contribution in [3.8, 4) is 5.75 Å². The zero-order valence-electron chi connectivity index (χ0n) is 11.0. The van der Waals surface area contributed by atoms with Gasteiger partial charge in [-0.25, -0.2) is 0 Å². The van der Waals surface area contributed by atoms with Crippen LogP contribution >= 0.6 is 15.9 Å². The highest BCUT2D eigenvalue weighted by Crippen LogP contribution is 2.18. The van der Waals surface area contributed by atoms with Gasteiger partial charge in [-0.1, -0.05) is 15.9 Å². The van der Waals surface area contributed by atoms with Crippen LogP contribution in [0, 0.1) is 0 Å². The van der Waals surface area contributed by atoms with Crippen LogP contribution in [0.25, 0.3) is 0 Å². The molecule has 19 heavy (non-hydrogen) atoms. The van der Waals surface area contributed by atoms with E-state index in [-0.39, 0.29) is 5.91 Å². The lowest BCUT2D eigenvalue weighted by Crippen LogP contribution is -2.49. The van der Waals surface area contributed by atoms with Crippen molar-refractivity contribution in [1.29, 1.82) is 0 Å². The lowest BCUT2D eigenvalue weighted by Gasteiger charge is -2.34. The Morgan fingerprint density at radius 3 is 2.79 bits per heavy atom. The Morgan fingerprint density at radius 2 is 2.16 bits per heavy atom. The number of methoxy groups -OCH3 is 1. The minimum atomic E-state index is 0.0257. The predicted molar refractivity (Wildman–Crippen MR) is 76.9 cm³/mol. The zero-order valence-corrected chi connectivity index (χ0v) is 12.6. The van der Waals surface area contributed by atoms with Gasteiger partial charge in [-0.05, 0) is 6.07 Å². The topological polar surface area (TPSA) is 45.7 Å². The van der Waals surface area contributed by atoms with E-state index in [1.165, 1.54) is 0 Å². The lowest BCUT2D eigenvalue weighted by molar-refractivity contribution is 0.0641. The summed E-state index contributed by atoms with van der Waals surface area (Å²) < 4.78 is 5.19. The minimum Gasteiger partial charge on any atom is -0.494 e. The molecule has 0 aliphatic carbocycles. The fraction of sp³-hybridized carbons (Fsp3) is 0.538. The van der Waals surface area contributed by atoms with Crippen molar-refractivity contribution in [2.75, 3.05) is 45.2 Å². The number of halogens is 1. The summed E-state index contributed by atoms with van der Waals surface area (Å²) in [6, 6.07) is 1.71. The molecule has 1 saturated heterocycles. The van der Waals surface area contributed by atoms with Gasteiger partial charge >= 0.3 is 0 Å². The van der Waals surface area contributed by atoms with Crippen molar-refractivity contribution in [3.05, 3.63) is 24.0 Å². The Morgan fingerprint density at radius 1 is 1.42 bits per heavy atom. The van der Waals surface area contributed by atoms with Crippen LogP contribution in [0.5, 0.6) is 5.75 Å². The third-order valence-electron chi connectivity index (χ3n) is 3.30. The molecule has 1 aromatic heterocycles. The molecule has 1 aliphatic heterocycles. The molecule has 0 radical (unpaired) electrons. The highest BCUT2D eigenvalue weighted by molar-refractivity contribution is 9.09. The number of rotatable bonds is 4. The number of hydrogen-bond donors (Lipinski definition) is 0. The van der Waals surface area contributed by atoms with E-state index in [1.807, 2.05) is 4.90 Å². The van der Waals surface area contributed by atoms with Crippen LogP contribution in [-0.2, 0) is 0 Å². The maximum Gasteiger partial charge on any atom is 0.257 e. The Hall–Kier alpha value is -1.14. The van der Waals surface area contributed by atoms with Crippen LogP contribution in [0.1, 0.15) is 10.4 Å². The SMILES string of the molecule is COc1cnccc1C(=O)N1CCN(CCBr)CC1. The van der Waals surface area contributed by atoms with E-state index in [1.54, 1.807) is 25.6 Å². The van der Waals surface area contributed by atoms with Gasteiger partial charge in [0, 0.05) is 44.3 Å². The first-order chi connectivity index (χ1) is 9.26. The van der Waals surface area contributed by atoms with Gasteiger partial charge in [0.2, 0.25) is 0 Å². The number of nitrogens with zero attached hydrogens (tertiary/aromatic N) is 3. The van der Waals surface area contributed by atoms with E-state index in [9.17, 15) is 4.79 Å². The van der Waals surface area contributed by atoms with E-state index < -0.39 is 0 Å². The molecule has 1 aliphatic rings. The van der Waals surface area contributed by atoms with Crippen molar-refractivity contribution in [3.63, 3.8) is 0 Å². The van der Waals surface area contributed by atoms with Crippen LogP contribution in [0.4, 0.5) is 0 Å². The molecule has 5 nitrogen and oxygen atoms in total. The third kappa shape index (κ3) is 3.45. The molecule has 2 heterocycles. The fourth-order valence-corrected chi connectivity index (χ4v) is 2.69. The molecular formula is C13H18BrN3O2. The lowest BCUT2D eigenvalue weighted by atomic mass is 10.2. The van der Waals surface area contributed by atoms with E-state index in [4.69, 9.17) is 4.74 Å². The molecular weight excluding hydrogens is 310 g/mol. The summed E-state index contributed by atoms with van der Waals surface area (Å²) in [6.07, 6.45) is 3.20. The number of aromatic nitrogens is 1. The van der Waals surface area contributed by atoms with Crippen LogP contribution in [0.2, 0.25) is 0 Å². The second kappa shape index (κ2) is 6.86. The van der Waals surface area contributed by atoms with Gasteiger partial charge in [-0.15, -0.1) is 0 Å². The van der Waals surface area contributed by atoms with E-state index in [0.29, 0.717) is 11.3 Å². The minimum absolute atomic E-state index is 0.0257.